The van der Waals surface area contributed by atoms with Crippen molar-refractivity contribution in [1.29, 1.82) is 0 Å². The van der Waals surface area contributed by atoms with Gasteiger partial charge < -0.3 is 5.32 Å². The van der Waals surface area contributed by atoms with Crippen LogP contribution in [0, 0.1) is 5.92 Å². The molecule has 2 fully saturated rings. The first kappa shape index (κ1) is 13.4. The Balaban J connectivity index is 2.11. The number of hydrogen-bond donors (Lipinski definition) is 1. The summed E-state index contributed by atoms with van der Waals surface area (Å²) in [5, 5.41) is 2.87. The monoisotopic (exact) mass is 270 g/mol. The number of nitrogens with zero attached hydrogens (tertiary/aromatic N) is 1. The third-order valence-electron chi connectivity index (χ3n) is 3.94. The Morgan fingerprint density at radius 2 is 2.11 bits per heavy atom. The molecule has 4 nitrogen and oxygen atoms in total. The number of imide groups is 1. The summed E-state index contributed by atoms with van der Waals surface area (Å²) < 4.78 is 0. The molecule has 0 aromatic heterocycles. The van der Waals surface area contributed by atoms with Crippen LogP contribution in [0.3, 0.4) is 0 Å². The van der Waals surface area contributed by atoms with E-state index in [0.29, 0.717) is 11.5 Å². The maximum Gasteiger partial charge on any atom is 0.325 e. The highest BCUT2D eigenvalue weighted by Gasteiger charge is 2.51. The zero-order valence-corrected chi connectivity index (χ0v) is 11.4. The maximum atomic E-state index is 12.4. The van der Waals surface area contributed by atoms with Crippen LogP contribution >= 0.6 is 11.6 Å². The van der Waals surface area contributed by atoms with Crippen molar-refractivity contribution in [2.75, 3.05) is 12.4 Å². The van der Waals surface area contributed by atoms with E-state index in [-0.39, 0.29) is 24.4 Å². The van der Waals surface area contributed by atoms with Gasteiger partial charge in [-0.15, -0.1) is 11.6 Å². The molecule has 0 aromatic carbocycles. The first-order valence-corrected chi connectivity index (χ1v) is 6.89. The fraction of sp³-hybridized carbons (Fsp3) is 0.692. The van der Waals surface area contributed by atoms with Gasteiger partial charge in [0.25, 0.3) is 5.91 Å². The highest BCUT2D eigenvalue weighted by atomic mass is 35.5. The highest BCUT2D eigenvalue weighted by molar-refractivity contribution is 6.19. The SMILES string of the molecule is C=C(CCl)CN1C(=O)NC2(CCC(C)CC2)C1=O. The summed E-state index contributed by atoms with van der Waals surface area (Å²) in [6.07, 6.45) is 3.44. The Bertz CT molecular complexity index is 386. The summed E-state index contributed by atoms with van der Waals surface area (Å²) in [6, 6.07) is -0.305. The predicted octanol–water partition coefficient (Wildman–Crippen LogP) is 2.28. The van der Waals surface area contributed by atoms with E-state index in [0.717, 1.165) is 25.7 Å². The van der Waals surface area contributed by atoms with Crippen LogP contribution in [0.2, 0.25) is 0 Å². The number of urea groups is 1. The standard InChI is InChI=1S/C13H19ClN2O2/c1-9-3-5-13(6-4-9)11(17)16(12(18)15-13)8-10(2)7-14/h9H,2-8H2,1H3,(H,15,18). The average Bonchev–Trinajstić information content (AvgIpc) is 2.58. The van der Waals surface area contributed by atoms with Gasteiger partial charge in [-0.25, -0.2) is 4.79 Å². The Morgan fingerprint density at radius 1 is 1.50 bits per heavy atom. The molecule has 1 aliphatic carbocycles. The van der Waals surface area contributed by atoms with Gasteiger partial charge in [0.15, 0.2) is 0 Å². The minimum absolute atomic E-state index is 0.106. The van der Waals surface area contributed by atoms with Gasteiger partial charge in [0, 0.05) is 5.88 Å². The van der Waals surface area contributed by atoms with Gasteiger partial charge in [-0.1, -0.05) is 13.5 Å². The fourth-order valence-corrected chi connectivity index (χ4v) is 2.76. The zero-order chi connectivity index (χ0) is 13.3. The van der Waals surface area contributed by atoms with Gasteiger partial charge >= 0.3 is 6.03 Å². The van der Waals surface area contributed by atoms with Gasteiger partial charge in [0.05, 0.1) is 6.54 Å². The van der Waals surface area contributed by atoms with Gasteiger partial charge in [-0.2, -0.15) is 0 Å². The van der Waals surface area contributed by atoms with E-state index in [9.17, 15) is 9.59 Å². The second-order valence-electron chi connectivity index (χ2n) is 5.47. The highest BCUT2D eigenvalue weighted by Crippen LogP contribution is 2.36. The third kappa shape index (κ3) is 2.26. The Morgan fingerprint density at radius 3 is 2.67 bits per heavy atom. The summed E-state index contributed by atoms with van der Waals surface area (Å²) in [6.45, 7) is 6.15. The van der Waals surface area contributed by atoms with Crippen LogP contribution in [0.4, 0.5) is 4.79 Å². The fourth-order valence-electron chi connectivity index (χ4n) is 2.68. The lowest BCUT2D eigenvalue weighted by atomic mass is 9.77. The van der Waals surface area contributed by atoms with Crippen LogP contribution in [-0.4, -0.2) is 34.8 Å². The minimum Gasteiger partial charge on any atom is -0.323 e. The van der Waals surface area contributed by atoms with Crippen LogP contribution < -0.4 is 5.32 Å². The molecule has 18 heavy (non-hydrogen) atoms. The Labute approximate surface area is 112 Å². The van der Waals surface area contributed by atoms with Crippen molar-refractivity contribution in [3.63, 3.8) is 0 Å². The molecule has 0 radical (unpaired) electrons. The normalized spacial score (nSPS) is 31.9. The molecule has 1 spiro atoms. The quantitative estimate of drug-likeness (QED) is 0.486. The summed E-state index contributed by atoms with van der Waals surface area (Å²) in [5.74, 6) is 0.791. The summed E-state index contributed by atoms with van der Waals surface area (Å²) >= 11 is 5.65. The molecule has 5 heteroatoms. The van der Waals surface area contributed by atoms with Gasteiger partial charge in [-0.05, 0) is 37.2 Å². The summed E-state index contributed by atoms with van der Waals surface area (Å²) in [4.78, 5) is 25.6. The van der Waals surface area contributed by atoms with Gasteiger partial charge in [-0.3, -0.25) is 9.69 Å². The van der Waals surface area contributed by atoms with Gasteiger partial charge in [0.2, 0.25) is 0 Å². The number of carbonyl (C=O) groups excluding carboxylic acids is 2. The van der Waals surface area contributed by atoms with E-state index in [2.05, 4.69) is 18.8 Å². The van der Waals surface area contributed by atoms with Crippen molar-refractivity contribution in [2.24, 2.45) is 5.92 Å². The molecule has 2 aliphatic rings. The number of alkyl halides is 1. The van der Waals surface area contributed by atoms with Gasteiger partial charge in [0.1, 0.15) is 5.54 Å². The second-order valence-corrected chi connectivity index (χ2v) is 5.74. The number of amides is 3. The molecule has 0 atom stereocenters. The largest absolute Gasteiger partial charge is 0.325 e. The molecule has 0 bridgehead atoms. The minimum atomic E-state index is -0.657. The van der Waals surface area contributed by atoms with E-state index >= 15 is 0 Å². The molecule has 1 heterocycles. The average molecular weight is 271 g/mol. The van der Waals surface area contributed by atoms with Crippen molar-refractivity contribution in [3.8, 4) is 0 Å². The molecule has 1 aliphatic heterocycles. The molecule has 2 rings (SSSR count). The smallest absolute Gasteiger partial charge is 0.323 e. The molecule has 0 unspecified atom stereocenters. The first-order valence-electron chi connectivity index (χ1n) is 6.35. The van der Waals surface area contributed by atoms with Crippen LogP contribution in [0.5, 0.6) is 0 Å². The summed E-state index contributed by atoms with van der Waals surface area (Å²) in [7, 11) is 0. The number of nitrogens with one attached hydrogen (secondary N) is 1. The van der Waals surface area contributed by atoms with E-state index in [4.69, 9.17) is 11.6 Å². The molecular weight excluding hydrogens is 252 g/mol. The van der Waals surface area contributed by atoms with Crippen LogP contribution in [0.1, 0.15) is 32.6 Å². The lowest BCUT2D eigenvalue weighted by Gasteiger charge is -2.33. The second kappa shape index (κ2) is 4.92. The van der Waals surface area contributed by atoms with Crippen molar-refractivity contribution in [2.45, 2.75) is 38.1 Å². The molecule has 1 saturated heterocycles. The van der Waals surface area contributed by atoms with Crippen molar-refractivity contribution < 1.29 is 9.59 Å². The number of halogens is 1. The van der Waals surface area contributed by atoms with Crippen molar-refractivity contribution in [1.82, 2.24) is 10.2 Å². The maximum absolute atomic E-state index is 12.4. The van der Waals surface area contributed by atoms with Crippen LogP contribution in [0.25, 0.3) is 0 Å². The molecule has 1 saturated carbocycles. The Hall–Kier alpha value is -1.03. The molecule has 1 N–H and O–H groups in total. The zero-order valence-electron chi connectivity index (χ0n) is 10.7. The van der Waals surface area contributed by atoms with Crippen LogP contribution in [-0.2, 0) is 4.79 Å². The Kier molecular flexibility index (Phi) is 3.66. The number of carbonyl (C=O) groups is 2. The van der Waals surface area contributed by atoms with Crippen LogP contribution in [0.15, 0.2) is 12.2 Å². The molecular formula is C13H19ClN2O2. The summed E-state index contributed by atoms with van der Waals surface area (Å²) in [5.41, 5.74) is 0.0253. The van der Waals surface area contributed by atoms with Crippen molar-refractivity contribution >= 4 is 23.5 Å². The first-order chi connectivity index (χ1) is 8.48. The third-order valence-corrected chi connectivity index (χ3v) is 4.32. The number of hydrogen-bond acceptors (Lipinski definition) is 2. The van der Waals surface area contributed by atoms with E-state index in [1.165, 1.54) is 4.90 Å². The molecule has 100 valence electrons. The lowest BCUT2D eigenvalue weighted by molar-refractivity contribution is -0.132. The number of rotatable bonds is 3. The molecule has 3 amide bonds. The lowest BCUT2D eigenvalue weighted by Crippen LogP contribution is -2.49. The topological polar surface area (TPSA) is 49.4 Å². The molecule has 0 aromatic rings. The van der Waals surface area contributed by atoms with E-state index in [1.54, 1.807) is 0 Å². The van der Waals surface area contributed by atoms with E-state index < -0.39 is 5.54 Å². The van der Waals surface area contributed by atoms with Crippen molar-refractivity contribution in [3.05, 3.63) is 12.2 Å². The predicted molar refractivity (Wildman–Crippen MR) is 70.5 cm³/mol. The van der Waals surface area contributed by atoms with E-state index in [1.807, 2.05) is 0 Å².